The van der Waals surface area contributed by atoms with Gasteiger partial charge in [0.2, 0.25) is 5.82 Å². The standard InChI is InChI=1S/C12H9F3.C11H12F2O.C8H8ClF.C8H8F2.C8H13F.C8H16.C8H14.C8H10.C6H12O2.CH4.4Nd/c1-6-3-4-8-5-7(2)11(14)12(15)9(8)10(6)13;1-6-5-8-4-3-7(2)14-11(8)10(13)9(6)12;2*1-5-3-4-6(2)8(10)7(5)9;1-6-3-4-7(2)8(9)5-6;3*1-7-3-5-8(2)6-4-7;1-5-3-7-6(2)8-4-5;;;;;/h3-5H,1-2H3;5,7H,3-4H2,1-2H3;2*3-4H,1-2H3;6H,3-5H2,1-2H3;7-8H,3-6H2,1-2H3;3,8H,4-6H2,1-2H3;3-6H,1-2H3;5-6H,3-4H2,1-2H3;1H4;;;;. The molecule has 6 aromatic rings. The summed E-state index contributed by atoms with van der Waals surface area (Å²) in [6, 6.07) is 21.4. The van der Waals surface area contributed by atoms with Crippen molar-refractivity contribution in [1.82, 2.24) is 0 Å². The van der Waals surface area contributed by atoms with Crippen molar-refractivity contribution >= 4 is 22.4 Å². The molecule has 3 atom stereocenters. The molecule has 0 amide bonds. The molecule has 95 heavy (non-hydrogen) atoms. The Kier molecular flexibility index (Phi) is 53.2. The van der Waals surface area contributed by atoms with Crippen molar-refractivity contribution in [3.05, 3.63) is 203 Å². The molecular weight excluding hydrogens is 1770 g/mol. The Hall–Kier alpha value is -0.157. The van der Waals surface area contributed by atoms with Crippen LogP contribution in [-0.4, -0.2) is 25.6 Å². The molecule has 522 valence electrons. The van der Waals surface area contributed by atoms with E-state index in [1.165, 1.54) is 96.3 Å². The molecule has 3 aliphatic carbocycles. The molecule has 0 aromatic heterocycles. The third-order valence-corrected chi connectivity index (χ3v) is 17.1. The average molecular weight is 1880 g/mol. The van der Waals surface area contributed by atoms with E-state index in [1.54, 1.807) is 68.8 Å². The summed E-state index contributed by atoms with van der Waals surface area (Å²) < 4.78 is 133. The number of allylic oxidation sites excluding steroid dienone is 4. The zero-order chi connectivity index (χ0) is 67.7. The Morgan fingerprint density at radius 1 is 0.400 bits per heavy atom. The van der Waals surface area contributed by atoms with Crippen LogP contribution in [0.4, 0.5) is 39.5 Å². The molecular formula is C78H106ClF9Nd4O3. The number of halogens is 10. The summed E-state index contributed by atoms with van der Waals surface area (Å²) in [4.78, 5) is 0. The summed E-state index contributed by atoms with van der Waals surface area (Å²) in [6.45, 7) is 36.2. The second kappa shape index (κ2) is 51.1. The van der Waals surface area contributed by atoms with Crippen LogP contribution in [0.15, 0.2) is 95.8 Å². The van der Waals surface area contributed by atoms with Crippen LogP contribution in [0.2, 0.25) is 5.02 Å². The number of aryl methyl sites for hydroxylation is 10. The minimum Gasteiger partial charge on any atom is -0.487 e. The SMILES string of the molecule is C.CC1=C(F)CC(C)CC1.CC1=CCC(C)CC1.CC1CCC(C)CC1.CC1COC(C)OC1.Cc1cc2c(c(F)c1F)OC(C)CC2.Cc1cc2ccc(C)c(F)c2c(F)c1F.Cc1ccc(C)c(Cl)c1F.Cc1ccc(C)c(F)c1F.Cc1ccc(C)cc1.[Nd].[Nd].[Nd].[Nd]. The maximum absolute atomic E-state index is 13.6. The van der Waals surface area contributed by atoms with Crippen LogP contribution in [-0.2, 0) is 15.9 Å². The molecule has 5 aliphatic rings. The van der Waals surface area contributed by atoms with E-state index in [4.69, 9.17) is 25.8 Å². The predicted molar refractivity (Wildman–Crippen MR) is 363 cm³/mol. The van der Waals surface area contributed by atoms with Crippen molar-refractivity contribution in [1.29, 1.82) is 0 Å². The van der Waals surface area contributed by atoms with E-state index in [-0.39, 0.29) is 217 Å². The first kappa shape index (κ1) is 99.0. The van der Waals surface area contributed by atoms with Crippen LogP contribution in [0.3, 0.4) is 0 Å². The molecule has 2 aliphatic heterocycles. The Bertz CT molecular complexity index is 3100. The zero-order valence-electron chi connectivity index (χ0n) is 59.0. The maximum Gasteiger partial charge on any atom is 0.201 e. The second-order valence-electron chi connectivity index (χ2n) is 25.9. The van der Waals surface area contributed by atoms with Gasteiger partial charge in [-0.25, -0.2) is 35.1 Å². The van der Waals surface area contributed by atoms with Crippen molar-refractivity contribution in [2.24, 2.45) is 29.6 Å². The van der Waals surface area contributed by atoms with E-state index in [1.807, 2.05) is 20.8 Å². The summed E-state index contributed by atoms with van der Waals surface area (Å²) in [6.07, 6.45) is 16.7. The van der Waals surface area contributed by atoms with Gasteiger partial charge in [-0.3, -0.25) is 0 Å². The molecule has 1 saturated carbocycles. The molecule has 0 radical (unpaired) electrons. The summed E-state index contributed by atoms with van der Waals surface area (Å²) >= 11 is 5.61. The molecule has 0 bridgehead atoms. The van der Waals surface area contributed by atoms with Gasteiger partial charge in [-0.05, 0) is 226 Å². The maximum atomic E-state index is 13.6. The van der Waals surface area contributed by atoms with E-state index in [0.717, 1.165) is 66.9 Å². The van der Waals surface area contributed by atoms with Crippen LogP contribution in [0.5, 0.6) is 5.75 Å². The fraction of sp³-hybridized carbons (Fsp3) is 0.513. The van der Waals surface area contributed by atoms with Crippen LogP contribution in [0.1, 0.15) is 196 Å². The molecule has 3 nitrogen and oxygen atoms in total. The summed E-state index contributed by atoms with van der Waals surface area (Å²) in [5, 5.41) is 0.354. The minimum atomic E-state index is -1.11. The summed E-state index contributed by atoms with van der Waals surface area (Å²) in [5.74, 6) is -1.83. The van der Waals surface area contributed by atoms with Gasteiger partial charge in [-0.15, -0.1) is 0 Å². The molecule has 6 aromatic carbocycles. The van der Waals surface area contributed by atoms with Gasteiger partial charge in [0.1, 0.15) is 11.6 Å². The Balaban J connectivity index is -0.00000101. The van der Waals surface area contributed by atoms with E-state index >= 15 is 0 Å². The molecule has 3 unspecified atom stereocenters. The van der Waals surface area contributed by atoms with Gasteiger partial charge < -0.3 is 14.2 Å². The molecule has 1 saturated heterocycles. The van der Waals surface area contributed by atoms with Crippen molar-refractivity contribution in [2.45, 2.75) is 221 Å². The molecule has 17 heteroatoms. The first-order valence-electron chi connectivity index (χ1n) is 32.0. The summed E-state index contributed by atoms with van der Waals surface area (Å²) in [7, 11) is 0. The van der Waals surface area contributed by atoms with Crippen LogP contribution in [0, 0.1) is 302 Å². The van der Waals surface area contributed by atoms with Gasteiger partial charge in [-0.2, -0.15) is 4.39 Å². The fourth-order valence-electron chi connectivity index (χ4n) is 9.88. The number of benzene rings is 6. The topological polar surface area (TPSA) is 27.7 Å². The van der Waals surface area contributed by atoms with E-state index in [0.29, 0.717) is 51.5 Å². The monoisotopic (exact) mass is 1860 g/mol. The first-order chi connectivity index (χ1) is 42.2. The fourth-order valence-corrected chi connectivity index (χ4v) is 10.1. The summed E-state index contributed by atoms with van der Waals surface area (Å²) in [5.41, 5.74) is 8.90. The van der Waals surface area contributed by atoms with Gasteiger partial charge in [0.15, 0.2) is 41.1 Å². The zero-order valence-corrected chi connectivity index (χ0v) is 72.5. The van der Waals surface area contributed by atoms with Crippen molar-refractivity contribution in [3.63, 3.8) is 0 Å². The second-order valence-corrected chi connectivity index (χ2v) is 26.2. The van der Waals surface area contributed by atoms with Crippen LogP contribution >= 0.6 is 11.6 Å². The number of ether oxygens (including phenoxy) is 3. The normalized spacial score (nSPS) is 19.5. The van der Waals surface area contributed by atoms with Gasteiger partial charge >= 0.3 is 0 Å². The van der Waals surface area contributed by atoms with Gasteiger partial charge in [0.05, 0.1) is 35.6 Å². The predicted octanol–water partition coefficient (Wildman–Crippen LogP) is 25.1. The number of hydrogen-bond acceptors (Lipinski definition) is 3. The molecule has 2 heterocycles. The largest absolute Gasteiger partial charge is 0.487 e. The molecule has 0 N–H and O–H groups in total. The number of rotatable bonds is 0. The van der Waals surface area contributed by atoms with E-state index < -0.39 is 40.7 Å². The van der Waals surface area contributed by atoms with Crippen molar-refractivity contribution < 1.29 is 217 Å². The van der Waals surface area contributed by atoms with Gasteiger partial charge in [0, 0.05) is 176 Å². The van der Waals surface area contributed by atoms with Crippen molar-refractivity contribution in [3.8, 4) is 5.75 Å². The molecule has 11 rings (SSSR count). The number of fused-ring (bicyclic) bond motifs is 2. The number of hydrogen-bond donors (Lipinski definition) is 0. The van der Waals surface area contributed by atoms with Crippen molar-refractivity contribution in [2.75, 3.05) is 13.2 Å². The van der Waals surface area contributed by atoms with E-state index in [9.17, 15) is 39.5 Å². The Morgan fingerprint density at radius 3 is 1.25 bits per heavy atom. The quantitative estimate of drug-likeness (QED) is 0.112. The molecule has 2 fully saturated rings. The first-order valence-corrected chi connectivity index (χ1v) is 32.4. The van der Waals surface area contributed by atoms with Crippen LogP contribution in [0.25, 0.3) is 10.8 Å². The average Bonchev–Trinajstić information content (AvgIpc) is 0.791. The Labute approximate surface area is 702 Å². The third kappa shape index (κ3) is 35.7. The minimum absolute atomic E-state index is 0. The van der Waals surface area contributed by atoms with Gasteiger partial charge in [-0.1, -0.05) is 163 Å². The molecule has 0 spiro atoms. The smallest absolute Gasteiger partial charge is 0.201 e. The van der Waals surface area contributed by atoms with Gasteiger partial charge in [0.25, 0.3) is 0 Å². The Morgan fingerprint density at radius 2 is 0.821 bits per heavy atom. The third-order valence-electron chi connectivity index (χ3n) is 16.7. The van der Waals surface area contributed by atoms with E-state index in [2.05, 4.69) is 85.7 Å². The van der Waals surface area contributed by atoms with Crippen LogP contribution < -0.4 is 4.74 Å².